The molecular formula is C14H13BrFNO. The van der Waals surface area contributed by atoms with Gasteiger partial charge in [-0.3, -0.25) is 0 Å². The molecule has 0 saturated carbocycles. The highest BCUT2D eigenvalue weighted by atomic mass is 79.9. The lowest BCUT2D eigenvalue weighted by Gasteiger charge is -2.11. The lowest BCUT2D eigenvalue weighted by Crippen LogP contribution is -2.04. The van der Waals surface area contributed by atoms with E-state index in [1.54, 1.807) is 18.2 Å². The molecule has 0 unspecified atom stereocenters. The zero-order valence-electron chi connectivity index (χ0n) is 9.70. The van der Waals surface area contributed by atoms with Crippen molar-refractivity contribution in [1.29, 1.82) is 0 Å². The average Bonchev–Trinajstić information content (AvgIpc) is 2.36. The first-order valence-corrected chi connectivity index (χ1v) is 6.41. The van der Waals surface area contributed by atoms with Gasteiger partial charge in [-0.05, 0) is 42.8 Å². The maximum absolute atomic E-state index is 13.5. The van der Waals surface area contributed by atoms with E-state index in [9.17, 15) is 4.39 Å². The van der Waals surface area contributed by atoms with Gasteiger partial charge in [-0.2, -0.15) is 0 Å². The van der Waals surface area contributed by atoms with Gasteiger partial charge in [0.1, 0.15) is 5.75 Å². The van der Waals surface area contributed by atoms with Crippen LogP contribution in [-0.2, 0) is 6.42 Å². The molecule has 2 nitrogen and oxygen atoms in total. The fraction of sp³-hybridized carbons (Fsp3) is 0.143. The van der Waals surface area contributed by atoms with Crippen molar-refractivity contribution in [2.45, 2.75) is 6.42 Å². The van der Waals surface area contributed by atoms with Gasteiger partial charge in [0.25, 0.3) is 0 Å². The smallest absolute Gasteiger partial charge is 0.165 e. The van der Waals surface area contributed by atoms with Gasteiger partial charge in [-0.15, -0.1) is 0 Å². The molecule has 0 radical (unpaired) electrons. The first-order valence-electron chi connectivity index (χ1n) is 5.61. The molecule has 2 aromatic rings. The molecule has 0 bridgehead atoms. The third kappa shape index (κ3) is 3.09. The maximum Gasteiger partial charge on any atom is 0.165 e. The number of halogens is 2. The number of rotatable bonds is 4. The zero-order valence-corrected chi connectivity index (χ0v) is 11.3. The quantitative estimate of drug-likeness (QED) is 0.930. The Morgan fingerprint density at radius 1 is 1.11 bits per heavy atom. The number of benzene rings is 2. The Kier molecular flexibility index (Phi) is 4.33. The van der Waals surface area contributed by atoms with E-state index in [1.165, 1.54) is 6.07 Å². The van der Waals surface area contributed by atoms with Crippen molar-refractivity contribution >= 4 is 15.9 Å². The van der Waals surface area contributed by atoms with E-state index in [-0.39, 0.29) is 11.6 Å². The molecule has 0 aliphatic carbocycles. The Balaban J connectivity index is 2.33. The number of hydrogen-bond acceptors (Lipinski definition) is 2. The number of para-hydroxylation sites is 1. The van der Waals surface area contributed by atoms with Crippen LogP contribution < -0.4 is 10.5 Å². The van der Waals surface area contributed by atoms with E-state index in [1.807, 2.05) is 18.2 Å². The van der Waals surface area contributed by atoms with Crippen molar-refractivity contribution < 1.29 is 9.13 Å². The van der Waals surface area contributed by atoms with Crippen LogP contribution in [0.25, 0.3) is 0 Å². The van der Waals surface area contributed by atoms with Crippen molar-refractivity contribution in [3.05, 3.63) is 58.3 Å². The Labute approximate surface area is 114 Å². The van der Waals surface area contributed by atoms with Gasteiger partial charge in [-0.1, -0.05) is 34.1 Å². The van der Waals surface area contributed by atoms with Gasteiger partial charge in [0, 0.05) is 4.47 Å². The molecule has 4 heteroatoms. The summed E-state index contributed by atoms with van der Waals surface area (Å²) in [7, 11) is 0. The standard InChI is InChI=1S/C14H13BrFNO/c15-11-6-5-10(7-8-17)14(9-11)18-13-4-2-1-3-12(13)16/h1-6,9H,7-8,17H2. The summed E-state index contributed by atoms with van der Waals surface area (Å²) in [6.45, 7) is 0.523. The molecule has 0 atom stereocenters. The Morgan fingerprint density at radius 3 is 2.61 bits per heavy atom. The molecule has 0 aliphatic rings. The number of nitrogens with two attached hydrogens (primary N) is 1. The summed E-state index contributed by atoms with van der Waals surface area (Å²) in [5.41, 5.74) is 6.51. The zero-order chi connectivity index (χ0) is 13.0. The topological polar surface area (TPSA) is 35.2 Å². The largest absolute Gasteiger partial charge is 0.454 e. The Bertz CT molecular complexity index is 545. The summed E-state index contributed by atoms with van der Waals surface area (Å²) in [5.74, 6) is 0.463. The van der Waals surface area contributed by atoms with E-state index in [4.69, 9.17) is 10.5 Å². The molecule has 0 saturated heterocycles. The molecule has 0 aromatic heterocycles. The summed E-state index contributed by atoms with van der Waals surface area (Å²) in [6.07, 6.45) is 0.692. The van der Waals surface area contributed by atoms with E-state index in [0.717, 1.165) is 10.0 Å². The van der Waals surface area contributed by atoms with Crippen molar-refractivity contribution in [3.63, 3.8) is 0 Å². The van der Waals surface area contributed by atoms with Crippen LogP contribution in [0.4, 0.5) is 4.39 Å². The lowest BCUT2D eigenvalue weighted by atomic mass is 10.1. The van der Waals surface area contributed by atoms with Gasteiger partial charge in [0.2, 0.25) is 0 Å². The van der Waals surface area contributed by atoms with E-state index < -0.39 is 0 Å². The second-order valence-electron chi connectivity index (χ2n) is 3.82. The molecule has 2 rings (SSSR count). The summed E-state index contributed by atoms with van der Waals surface area (Å²) in [6, 6.07) is 12.0. The van der Waals surface area contributed by atoms with Gasteiger partial charge < -0.3 is 10.5 Å². The molecule has 0 spiro atoms. The van der Waals surface area contributed by atoms with E-state index >= 15 is 0 Å². The first kappa shape index (κ1) is 13.1. The number of ether oxygens (including phenoxy) is 1. The second kappa shape index (κ2) is 5.98. The van der Waals surface area contributed by atoms with E-state index in [2.05, 4.69) is 15.9 Å². The van der Waals surface area contributed by atoms with Crippen LogP contribution in [0.1, 0.15) is 5.56 Å². The fourth-order valence-electron chi connectivity index (χ4n) is 1.63. The molecule has 2 aromatic carbocycles. The minimum Gasteiger partial charge on any atom is -0.454 e. The third-order valence-corrected chi connectivity index (χ3v) is 2.99. The molecular weight excluding hydrogens is 297 g/mol. The monoisotopic (exact) mass is 309 g/mol. The lowest BCUT2D eigenvalue weighted by molar-refractivity contribution is 0.437. The molecule has 2 N–H and O–H groups in total. The Morgan fingerprint density at radius 2 is 1.89 bits per heavy atom. The summed E-state index contributed by atoms with van der Waals surface area (Å²) < 4.78 is 20.0. The summed E-state index contributed by atoms with van der Waals surface area (Å²) in [5, 5.41) is 0. The van der Waals surface area contributed by atoms with Crippen LogP contribution in [0.5, 0.6) is 11.5 Å². The minimum absolute atomic E-state index is 0.217. The molecule has 0 amide bonds. The molecule has 18 heavy (non-hydrogen) atoms. The van der Waals surface area contributed by atoms with E-state index in [0.29, 0.717) is 18.7 Å². The molecule has 0 aliphatic heterocycles. The maximum atomic E-state index is 13.5. The highest BCUT2D eigenvalue weighted by Crippen LogP contribution is 2.30. The Hall–Kier alpha value is -1.39. The SMILES string of the molecule is NCCc1ccc(Br)cc1Oc1ccccc1F. The molecule has 94 valence electrons. The van der Waals surface area contributed by atoms with Crippen LogP contribution in [0.15, 0.2) is 46.9 Å². The first-order chi connectivity index (χ1) is 8.70. The van der Waals surface area contributed by atoms with Crippen LogP contribution in [0.3, 0.4) is 0 Å². The summed E-state index contributed by atoms with van der Waals surface area (Å²) in [4.78, 5) is 0. The van der Waals surface area contributed by atoms with Gasteiger partial charge in [-0.25, -0.2) is 4.39 Å². The van der Waals surface area contributed by atoms with Gasteiger partial charge >= 0.3 is 0 Å². The second-order valence-corrected chi connectivity index (χ2v) is 4.74. The minimum atomic E-state index is -0.379. The number of hydrogen-bond donors (Lipinski definition) is 1. The van der Waals surface area contributed by atoms with Crippen LogP contribution in [0, 0.1) is 5.82 Å². The van der Waals surface area contributed by atoms with Crippen molar-refractivity contribution in [3.8, 4) is 11.5 Å². The van der Waals surface area contributed by atoms with Crippen LogP contribution in [0.2, 0.25) is 0 Å². The van der Waals surface area contributed by atoms with Gasteiger partial charge in [0.15, 0.2) is 11.6 Å². The van der Waals surface area contributed by atoms with Crippen molar-refractivity contribution in [2.24, 2.45) is 5.73 Å². The normalized spacial score (nSPS) is 10.4. The highest BCUT2D eigenvalue weighted by molar-refractivity contribution is 9.10. The van der Waals surface area contributed by atoms with Crippen molar-refractivity contribution in [1.82, 2.24) is 0 Å². The third-order valence-electron chi connectivity index (χ3n) is 2.50. The average molecular weight is 310 g/mol. The summed E-state index contributed by atoms with van der Waals surface area (Å²) >= 11 is 3.37. The molecule has 0 fully saturated rings. The highest BCUT2D eigenvalue weighted by Gasteiger charge is 2.08. The van der Waals surface area contributed by atoms with Crippen LogP contribution >= 0.6 is 15.9 Å². The van der Waals surface area contributed by atoms with Crippen LogP contribution in [-0.4, -0.2) is 6.54 Å². The van der Waals surface area contributed by atoms with Gasteiger partial charge in [0.05, 0.1) is 0 Å². The fourth-order valence-corrected chi connectivity index (χ4v) is 1.97. The van der Waals surface area contributed by atoms with Crippen molar-refractivity contribution in [2.75, 3.05) is 6.54 Å². The predicted molar refractivity (Wildman–Crippen MR) is 73.4 cm³/mol. The predicted octanol–water partition coefficient (Wildman–Crippen LogP) is 3.88. The molecule has 0 heterocycles.